The summed E-state index contributed by atoms with van der Waals surface area (Å²) < 4.78 is 207. The third-order valence-electron chi connectivity index (χ3n) is 13.5. The highest BCUT2D eigenvalue weighted by Crippen LogP contribution is 2.61. The van der Waals surface area contributed by atoms with E-state index < -0.39 is 78.9 Å². The van der Waals surface area contributed by atoms with Gasteiger partial charge in [0.25, 0.3) is 0 Å². The molecule has 6 aromatic carbocycles. The van der Waals surface area contributed by atoms with Gasteiger partial charge in [0, 0.05) is 11.8 Å². The minimum Gasteiger partial charge on any atom is -0.494 e. The van der Waals surface area contributed by atoms with Crippen LogP contribution in [-0.4, -0.2) is 72.9 Å². The van der Waals surface area contributed by atoms with Crippen molar-refractivity contribution in [2.75, 3.05) is 13.2 Å². The van der Waals surface area contributed by atoms with Crippen molar-refractivity contribution in [3.63, 3.8) is 0 Å². The third kappa shape index (κ3) is 17.1. The summed E-state index contributed by atoms with van der Waals surface area (Å²) >= 11 is 6.68. The predicted molar refractivity (Wildman–Crippen MR) is 291 cm³/mol. The molecule has 6 rings (SSSR count). The van der Waals surface area contributed by atoms with E-state index in [2.05, 4.69) is 6.92 Å². The summed E-state index contributed by atoms with van der Waals surface area (Å²) in [7, 11) is 0. The molecule has 10 nitrogen and oxygen atoms in total. The van der Waals surface area contributed by atoms with Crippen molar-refractivity contribution in [2.45, 2.75) is 139 Å². The summed E-state index contributed by atoms with van der Waals surface area (Å²) in [4.78, 5) is 52.1. The molecule has 0 radical (unpaired) electrons. The highest BCUT2D eigenvalue weighted by molar-refractivity contribution is 6.37. The second kappa shape index (κ2) is 29.7. The van der Waals surface area contributed by atoms with E-state index in [-0.39, 0.29) is 69.9 Å². The number of rotatable bonds is 32. The summed E-state index contributed by atoms with van der Waals surface area (Å²) in [5.41, 5.74) is 0.521. The van der Waals surface area contributed by atoms with E-state index in [4.69, 9.17) is 40.0 Å². The molecule has 0 spiro atoms. The number of unbranched alkanes of at least 4 members (excludes halogenated alkanes) is 12. The molecule has 0 aliphatic heterocycles. The summed E-state index contributed by atoms with van der Waals surface area (Å²) in [6.07, 6.45) is 0.952. The number of halogens is 14. The van der Waals surface area contributed by atoms with E-state index in [9.17, 15) is 76.3 Å². The number of alkyl halides is 13. The Morgan fingerprint density at radius 1 is 0.372 bits per heavy atom. The lowest BCUT2D eigenvalue weighted by atomic mass is 9.91. The Kier molecular flexibility index (Phi) is 23.3. The fourth-order valence-corrected chi connectivity index (χ4v) is 8.73. The number of hydrogen-bond acceptors (Lipinski definition) is 10. The molecule has 0 saturated carbocycles. The van der Waals surface area contributed by atoms with Crippen LogP contribution < -0.4 is 28.4 Å². The zero-order valence-electron chi connectivity index (χ0n) is 46.0. The number of hydrogen-bond donors (Lipinski definition) is 0. The second-order valence-electron chi connectivity index (χ2n) is 20.0. The Hall–Kier alpha value is -7.56. The number of benzene rings is 6. The minimum atomic E-state index is -7.94. The molecular formula is C62H58ClF13O10. The fraction of sp³-hybridized carbons (Fsp3) is 0.387. The van der Waals surface area contributed by atoms with Gasteiger partial charge in [-0.05, 0) is 140 Å². The molecule has 0 aromatic heterocycles. The van der Waals surface area contributed by atoms with Crippen LogP contribution in [0.3, 0.4) is 0 Å². The maximum Gasteiger partial charge on any atom is 0.460 e. The van der Waals surface area contributed by atoms with Gasteiger partial charge in [-0.1, -0.05) is 101 Å². The van der Waals surface area contributed by atoms with Crippen molar-refractivity contribution < 1.29 is 105 Å². The van der Waals surface area contributed by atoms with Gasteiger partial charge in [-0.15, -0.1) is 0 Å². The average molecular weight is 1250 g/mol. The van der Waals surface area contributed by atoms with Gasteiger partial charge in [-0.2, -0.15) is 57.1 Å². The van der Waals surface area contributed by atoms with E-state index >= 15 is 0 Å². The second-order valence-corrected chi connectivity index (χ2v) is 20.3. The molecule has 0 amide bonds. The van der Waals surface area contributed by atoms with Gasteiger partial charge in [0.2, 0.25) is 0 Å². The Labute approximate surface area is 490 Å². The van der Waals surface area contributed by atoms with Gasteiger partial charge in [0.05, 0.1) is 40.5 Å². The molecule has 6 aromatic rings. The monoisotopic (exact) mass is 1240 g/mol. The first-order chi connectivity index (χ1) is 40.6. The van der Waals surface area contributed by atoms with E-state index in [1.165, 1.54) is 136 Å². The number of carbonyl (C=O) groups is 4. The van der Waals surface area contributed by atoms with Gasteiger partial charge < -0.3 is 28.4 Å². The van der Waals surface area contributed by atoms with Crippen molar-refractivity contribution in [1.29, 1.82) is 0 Å². The first kappa shape index (κ1) is 67.6. The molecule has 0 aliphatic carbocycles. The lowest BCUT2D eigenvalue weighted by molar-refractivity contribution is -0.440. The van der Waals surface area contributed by atoms with Gasteiger partial charge in [0.1, 0.15) is 34.5 Å². The molecule has 0 atom stereocenters. The van der Waals surface area contributed by atoms with Gasteiger partial charge >= 0.3 is 59.7 Å². The van der Waals surface area contributed by atoms with Crippen molar-refractivity contribution in [2.24, 2.45) is 0 Å². The predicted octanol–water partition coefficient (Wildman–Crippen LogP) is 18.7. The normalized spacial score (nSPS) is 12.4. The number of fused-ring (bicyclic) bond motifs is 1. The van der Waals surface area contributed by atoms with E-state index in [1.807, 2.05) is 0 Å². The molecule has 0 fully saturated rings. The smallest absolute Gasteiger partial charge is 0.460 e. The number of esters is 4. The van der Waals surface area contributed by atoms with E-state index in [1.54, 1.807) is 42.5 Å². The van der Waals surface area contributed by atoms with Crippen LogP contribution in [0.4, 0.5) is 57.1 Å². The fourth-order valence-electron chi connectivity index (χ4n) is 8.46. The maximum absolute atomic E-state index is 14.0. The van der Waals surface area contributed by atoms with Gasteiger partial charge in [-0.3, -0.25) is 0 Å². The Balaban J connectivity index is 0.903. The lowest BCUT2D eigenvalue weighted by Crippen LogP contribution is -2.70. The molecule has 0 unspecified atom stereocenters. The largest absolute Gasteiger partial charge is 0.494 e. The first-order valence-electron chi connectivity index (χ1n) is 27.3. The molecule has 464 valence electrons. The SMILES string of the molecule is CCCCCCCCCCCCOc1ccc(C(=O)Oc2ccc(C(=O)Oc3ccc4ccc(OC(=O)c5ccc(OC(=O)c6ccc(OCCCCCCC(F)(F)C(F)(F)C(F)(F)C(F)(F)C(F)(F)C(F)(F)F)cc6)cc5)c(Cl)c4c3)cc2)cc1. The zero-order chi connectivity index (χ0) is 62.9. The summed E-state index contributed by atoms with van der Waals surface area (Å²) in [5, 5.41) is 1.01. The average Bonchev–Trinajstić information content (AvgIpc) is 0.768. The van der Waals surface area contributed by atoms with Crippen LogP contribution in [-0.2, 0) is 0 Å². The topological polar surface area (TPSA) is 124 Å². The molecule has 86 heavy (non-hydrogen) atoms. The van der Waals surface area contributed by atoms with Gasteiger partial charge in [-0.25, -0.2) is 19.2 Å². The van der Waals surface area contributed by atoms with Crippen molar-refractivity contribution in [1.82, 2.24) is 0 Å². The number of ether oxygens (including phenoxy) is 6. The molecule has 0 aliphatic rings. The minimum absolute atomic E-state index is 0.0176. The van der Waals surface area contributed by atoms with Crippen LogP contribution in [0.5, 0.6) is 34.5 Å². The van der Waals surface area contributed by atoms with Crippen molar-refractivity contribution in [3.8, 4) is 34.5 Å². The molecule has 0 bridgehead atoms. The van der Waals surface area contributed by atoms with Crippen molar-refractivity contribution >= 4 is 46.3 Å². The summed E-state index contributed by atoms with van der Waals surface area (Å²) in [6.45, 7) is 2.66. The molecular weight excluding hydrogens is 1190 g/mol. The molecule has 0 N–H and O–H groups in total. The van der Waals surface area contributed by atoms with Crippen LogP contribution in [0.15, 0.2) is 127 Å². The van der Waals surface area contributed by atoms with Crippen LogP contribution in [0.1, 0.15) is 145 Å². The van der Waals surface area contributed by atoms with Crippen LogP contribution in [0, 0.1) is 0 Å². The Morgan fingerprint density at radius 2 is 0.709 bits per heavy atom. The van der Waals surface area contributed by atoms with Crippen LogP contribution >= 0.6 is 11.6 Å². The maximum atomic E-state index is 14.0. The standard InChI is InChI=1S/C62H58ClF13O10/c1-2-3-4-5-6-7-8-9-11-14-37-81-45-26-17-41(18-27-45)53(77)83-47-30-21-43(22-31-47)55(79)85-49-34-16-40-25-35-51(52(63)50(40)39-49)86-56(80)44-23-32-48(33-24-44)84-54(78)42-19-28-46(29-20-42)82-38-15-12-10-13-36-57(64,65)58(66,67)59(68,69)60(70,71)61(72,73)62(74,75)76/h16-35,39H,2-15,36-38H2,1H3. The highest BCUT2D eigenvalue weighted by Gasteiger charge is 2.90. The van der Waals surface area contributed by atoms with Crippen LogP contribution in [0.25, 0.3) is 10.8 Å². The number of carbonyl (C=O) groups excluding carboxylic acids is 4. The lowest BCUT2D eigenvalue weighted by Gasteiger charge is -2.39. The molecule has 24 heteroatoms. The van der Waals surface area contributed by atoms with Gasteiger partial charge in [0.15, 0.2) is 0 Å². The van der Waals surface area contributed by atoms with Crippen molar-refractivity contribution in [3.05, 3.63) is 155 Å². The quantitative estimate of drug-likeness (QED) is 0.0175. The van der Waals surface area contributed by atoms with E-state index in [0.717, 1.165) is 12.8 Å². The summed E-state index contributed by atoms with van der Waals surface area (Å²) in [5.74, 6) is -38.8. The van der Waals surface area contributed by atoms with Crippen LogP contribution in [0.2, 0.25) is 5.02 Å². The zero-order valence-corrected chi connectivity index (χ0v) is 46.8. The van der Waals surface area contributed by atoms with E-state index in [0.29, 0.717) is 28.7 Å². The third-order valence-corrected chi connectivity index (χ3v) is 13.9. The molecule has 0 heterocycles. The Morgan fingerprint density at radius 3 is 1.13 bits per heavy atom. The first-order valence-corrected chi connectivity index (χ1v) is 27.7. The Bertz CT molecular complexity index is 3210. The summed E-state index contributed by atoms with van der Waals surface area (Å²) in [6, 6.07) is 30.7. The molecule has 0 saturated heterocycles. The highest BCUT2D eigenvalue weighted by atomic mass is 35.5.